The topological polar surface area (TPSA) is 70.9 Å². The third-order valence-corrected chi connectivity index (χ3v) is 4.15. The lowest BCUT2D eigenvalue weighted by Gasteiger charge is -2.31. The summed E-state index contributed by atoms with van der Waals surface area (Å²) in [5.74, 6) is 0.591. The molecule has 2 aromatic rings. The van der Waals surface area contributed by atoms with Crippen molar-refractivity contribution in [1.29, 1.82) is 0 Å². The number of H-pyrrole nitrogens is 1. The SMILES string of the molecule is CC(NC(=O)c1cc2cccc(N)c2[nH]1)C1CCC1. The van der Waals surface area contributed by atoms with E-state index < -0.39 is 0 Å². The lowest BCUT2D eigenvalue weighted by molar-refractivity contribution is 0.0905. The number of nitrogens with two attached hydrogens (primary N) is 1. The summed E-state index contributed by atoms with van der Waals surface area (Å²) in [6.45, 7) is 2.08. The number of anilines is 1. The summed E-state index contributed by atoms with van der Waals surface area (Å²) in [6.07, 6.45) is 3.73. The summed E-state index contributed by atoms with van der Waals surface area (Å²) in [5, 5.41) is 4.04. The Balaban J connectivity index is 1.79. The standard InChI is InChI=1S/C15H19N3O/c1-9(10-4-2-5-10)17-15(19)13-8-11-6-3-7-12(16)14(11)18-13/h3,6-10,18H,2,4-5,16H2,1H3,(H,17,19). The lowest BCUT2D eigenvalue weighted by atomic mass is 9.80. The van der Waals surface area contributed by atoms with Gasteiger partial charge in [0.2, 0.25) is 0 Å². The van der Waals surface area contributed by atoms with Crippen LogP contribution in [-0.2, 0) is 0 Å². The highest BCUT2D eigenvalue weighted by molar-refractivity contribution is 6.00. The minimum Gasteiger partial charge on any atom is -0.397 e. The highest BCUT2D eigenvalue weighted by atomic mass is 16.1. The van der Waals surface area contributed by atoms with E-state index in [1.54, 1.807) is 0 Å². The molecule has 1 saturated carbocycles. The van der Waals surface area contributed by atoms with Crippen LogP contribution in [0.3, 0.4) is 0 Å². The van der Waals surface area contributed by atoms with Crippen molar-refractivity contribution in [2.75, 3.05) is 5.73 Å². The predicted octanol–water partition coefficient (Wildman–Crippen LogP) is 2.67. The first-order valence-electron chi connectivity index (χ1n) is 6.83. The molecular formula is C15H19N3O. The van der Waals surface area contributed by atoms with Gasteiger partial charge in [0, 0.05) is 11.4 Å². The number of nitrogens with one attached hydrogen (secondary N) is 2. The largest absolute Gasteiger partial charge is 0.397 e. The van der Waals surface area contributed by atoms with Gasteiger partial charge in [0.25, 0.3) is 5.91 Å². The number of aromatic nitrogens is 1. The second-order valence-corrected chi connectivity index (χ2v) is 5.45. The maximum atomic E-state index is 12.2. The fourth-order valence-corrected chi connectivity index (χ4v) is 2.64. The van der Waals surface area contributed by atoms with E-state index in [0.29, 0.717) is 17.3 Å². The number of carbonyl (C=O) groups is 1. The molecule has 1 fully saturated rings. The second-order valence-electron chi connectivity index (χ2n) is 5.45. The van der Waals surface area contributed by atoms with Crippen molar-refractivity contribution < 1.29 is 4.79 Å². The molecule has 0 spiro atoms. The number of aromatic amines is 1. The molecule has 1 atom stereocenters. The van der Waals surface area contributed by atoms with Gasteiger partial charge in [0.15, 0.2) is 0 Å². The zero-order chi connectivity index (χ0) is 13.4. The lowest BCUT2D eigenvalue weighted by Crippen LogP contribution is -2.40. The number of para-hydroxylation sites is 1. The zero-order valence-corrected chi connectivity index (χ0v) is 11.1. The Hall–Kier alpha value is -1.97. The third kappa shape index (κ3) is 2.18. The quantitative estimate of drug-likeness (QED) is 0.740. The van der Waals surface area contributed by atoms with Crippen LogP contribution in [0.4, 0.5) is 5.69 Å². The number of hydrogen-bond acceptors (Lipinski definition) is 2. The number of amides is 1. The molecule has 3 rings (SSSR count). The fourth-order valence-electron chi connectivity index (χ4n) is 2.64. The normalized spacial score (nSPS) is 17.1. The van der Waals surface area contributed by atoms with E-state index in [1.807, 2.05) is 24.3 Å². The van der Waals surface area contributed by atoms with E-state index in [0.717, 1.165) is 10.9 Å². The van der Waals surface area contributed by atoms with Gasteiger partial charge >= 0.3 is 0 Å². The number of rotatable bonds is 3. The average Bonchev–Trinajstić information content (AvgIpc) is 2.71. The number of nitrogen functional groups attached to an aromatic ring is 1. The van der Waals surface area contributed by atoms with Gasteiger partial charge in [-0.05, 0) is 37.8 Å². The highest BCUT2D eigenvalue weighted by Crippen LogP contribution is 2.29. The van der Waals surface area contributed by atoms with Crippen LogP contribution in [0.5, 0.6) is 0 Å². The van der Waals surface area contributed by atoms with Crippen molar-refractivity contribution in [3.8, 4) is 0 Å². The molecular weight excluding hydrogens is 238 g/mol. The molecule has 1 aromatic heterocycles. The van der Waals surface area contributed by atoms with E-state index in [9.17, 15) is 4.79 Å². The van der Waals surface area contributed by atoms with Crippen molar-refractivity contribution >= 4 is 22.5 Å². The predicted molar refractivity (Wildman–Crippen MR) is 77.0 cm³/mol. The third-order valence-electron chi connectivity index (χ3n) is 4.15. The van der Waals surface area contributed by atoms with Gasteiger partial charge in [-0.2, -0.15) is 0 Å². The smallest absolute Gasteiger partial charge is 0.267 e. The Bertz CT molecular complexity index is 613. The summed E-state index contributed by atoms with van der Waals surface area (Å²) < 4.78 is 0. The van der Waals surface area contributed by atoms with Gasteiger partial charge in [-0.1, -0.05) is 18.6 Å². The molecule has 1 amide bonds. The summed E-state index contributed by atoms with van der Waals surface area (Å²) in [6, 6.07) is 7.77. The van der Waals surface area contributed by atoms with Gasteiger partial charge in [-0.3, -0.25) is 4.79 Å². The van der Waals surface area contributed by atoms with Gasteiger partial charge in [-0.15, -0.1) is 0 Å². The Morgan fingerprint density at radius 3 is 2.89 bits per heavy atom. The van der Waals surface area contributed by atoms with E-state index >= 15 is 0 Å². The summed E-state index contributed by atoms with van der Waals surface area (Å²) >= 11 is 0. The van der Waals surface area contributed by atoms with E-state index in [1.165, 1.54) is 19.3 Å². The summed E-state index contributed by atoms with van der Waals surface area (Å²) in [5.41, 5.74) is 7.98. The van der Waals surface area contributed by atoms with E-state index in [-0.39, 0.29) is 11.9 Å². The number of carbonyl (C=O) groups excluding carboxylic acids is 1. The first-order chi connectivity index (χ1) is 9.15. The molecule has 0 radical (unpaired) electrons. The molecule has 1 heterocycles. The molecule has 1 unspecified atom stereocenters. The fraction of sp³-hybridized carbons (Fsp3) is 0.400. The van der Waals surface area contributed by atoms with Gasteiger partial charge in [0.05, 0.1) is 11.2 Å². The summed E-state index contributed by atoms with van der Waals surface area (Å²) in [7, 11) is 0. The molecule has 0 bridgehead atoms. The van der Waals surface area contributed by atoms with Crippen LogP contribution in [0.15, 0.2) is 24.3 Å². The molecule has 0 aliphatic heterocycles. The Labute approximate surface area is 112 Å². The van der Waals surface area contributed by atoms with E-state index in [4.69, 9.17) is 5.73 Å². The van der Waals surface area contributed by atoms with E-state index in [2.05, 4.69) is 17.2 Å². The van der Waals surface area contributed by atoms with Crippen LogP contribution in [0.2, 0.25) is 0 Å². The average molecular weight is 257 g/mol. The first kappa shape index (κ1) is 12.1. The van der Waals surface area contributed by atoms with Crippen LogP contribution >= 0.6 is 0 Å². The monoisotopic (exact) mass is 257 g/mol. The van der Waals surface area contributed by atoms with Gasteiger partial charge in [-0.25, -0.2) is 0 Å². The zero-order valence-electron chi connectivity index (χ0n) is 11.1. The minimum absolute atomic E-state index is 0.0463. The maximum absolute atomic E-state index is 12.2. The Morgan fingerprint density at radius 1 is 1.47 bits per heavy atom. The molecule has 4 N–H and O–H groups in total. The molecule has 1 aliphatic carbocycles. The van der Waals surface area contributed by atoms with Crippen molar-refractivity contribution in [3.63, 3.8) is 0 Å². The molecule has 0 saturated heterocycles. The van der Waals surface area contributed by atoms with Crippen LogP contribution in [0.1, 0.15) is 36.7 Å². The number of benzene rings is 1. The van der Waals surface area contributed by atoms with Crippen LogP contribution in [0.25, 0.3) is 10.9 Å². The van der Waals surface area contributed by atoms with Crippen molar-refractivity contribution in [2.45, 2.75) is 32.2 Å². The van der Waals surface area contributed by atoms with Crippen molar-refractivity contribution in [1.82, 2.24) is 10.3 Å². The first-order valence-corrected chi connectivity index (χ1v) is 6.83. The Kier molecular flexibility index (Phi) is 2.93. The molecule has 1 aliphatic rings. The molecule has 1 aromatic carbocycles. The molecule has 19 heavy (non-hydrogen) atoms. The number of hydrogen-bond donors (Lipinski definition) is 3. The van der Waals surface area contributed by atoms with Crippen LogP contribution in [-0.4, -0.2) is 16.9 Å². The van der Waals surface area contributed by atoms with Crippen LogP contribution in [0, 0.1) is 5.92 Å². The van der Waals surface area contributed by atoms with Gasteiger partial charge in [0.1, 0.15) is 5.69 Å². The molecule has 4 nitrogen and oxygen atoms in total. The van der Waals surface area contributed by atoms with Crippen molar-refractivity contribution in [2.24, 2.45) is 5.92 Å². The summed E-state index contributed by atoms with van der Waals surface area (Å²) in [4.78, 5) is 15.3. The molecule has 4 heteroatoms. The van der Waals surface area contributed by atoms with Crippen molar-refractivity contribution in [3.05, 3.63) is 30.0 Å². The molecule has 100 valence electrons. The highest BCUT2D eigenvalue weighted by Gasteiger charge is 2.25. The maximum Gasteiger partial charge on any atom is 0.267 e. The Morgan fingerprint density at radius 2 is 2.26 bits per heavy atom. The minimum atomic E-state index is -0.0463. The number of fused-ring (bicyclic) bond motifs is 1. The van der Waals surface area contributed by atoms with Gasteiger partial charge < -0.3 is 16.0 Å². The van der Waals surface area contributed by atoms with Crippen LogP contribution < -0.4 is 11.1 Å². The second kappa shape index (κ2) is 4.61.